The fourth-order valence-corrected chi connectivity index (χ4v) is 1.37. The van der Waals surface area contributed by atoms with E-state index in [1.54, 1.807) is 0 Å². The Labute approximate surface area is 102 Å². The van der Waals surface area contributed by atoms with Crippen LogP contribution in [0.5, 0.6) is 5.75 Å². The Morgan fingerprint density at radius 2 is 2.11 bits per heavy atom. The van der Waals surface area contributed by atoms with Gasteiger partial charge in [0.2, 0.25) is 5.91 Å². The number of carbonyl (C=O) groups is 1. The average molecular weight is 259 g/mol. The van der Waals surface area contributed by atoms with Gasteiger partial charge in [0.05, 0.1) is 0 Å². The molecule has 0 spiro atoms. The van der Waals surface area contributed by atoms with E-state index in [-0.39, 0.29) is 11.4 Å². The van der Waals surface area contributed by atoms with Gasteiger partial charge in [0, 0.05) is 5.69 Å². The van der Waals surface area contributed by atoms with Crippen LogP contribution in [0.3, 0.4) is 0 Å². The average Bonchev–Trinajstić information content (AvgIpc) is 2.20. The summed E-state index contributed by atoms with van der Waals surface area (Å²) in [7, 11) is 0. The second-order valence-corrected chi connectivity index (χ2v) is 3.68. The highest BCUT2D eigenvalue weighted by Crippen LogP contribution is 2.24. The summed E-state index contributed by atoms with van der Waals surface area (Å²) < 4.78 is 35.9. The fraction of sp³-hybridized carbons (Fsp3) is 0.250. The zero-order chi connectivity index (χ0) is 13.8. The maximum absolute atomic E-state index is 12.0. The number of amides is 1. The van der Waals surface area contributed by atoms with Crippen LogP contribution in [-0.2, 0) is 11.2 Å². The van der Waals surface area contributed by atoms with E-state index >= 15 is 0 Å². The van der Waals surface area contributed by atoms with Gasteiger partial charge in [-0.25, -0.2) is 0 Å². The Kier molecular flexibility index (Phi) is 4.36. The van der Waals surface area contributed by atoms with Crippen molar-refractivity contribution < 1.29 is 23.1 Å². The lowest BCUT2D eigenvalue weighted by molar-refractivity contribution is -0.150. The molecule has 6 heteroatoms. The van der Waals surface area contributed by atoms with E-state index in [1.165, 1.54) is 24.3 Å². The summed E-state index contributed by atoms with van der Waals surface area (Å²) in [6.07, 6.45) is -4.18. The first-order chi connectivity index (χ1) is 8.31. The summed E-state index contributed by atoms with van der Waals surface area (Å²) in [5.74, 6) is -1.14. The van der Waals surface area contributed by atoms with Crippen molar-refractivity contribution in [1.29, 1.82) is 0 Å². The molecule has 1 aromatic carbocycles. The molecule has 2 N–H and O–H groups in total. The molecule has 0 saturated heterocycles. The molecule has 1 aromatic rings. The molecule has 0 radical (unpaired) electrons. The van der Waals surface area contributed by atoms with Gasteiger partial charge in [0.25, 0.3) is 0 Å². The number of hydrogen-bond donors (Lipinski definition) is 2. The summed E-state index contributed by atoms with van der Waals surface area (Å²) in [5.41, 5.74) is 0.689. The number of benzene rings is 1. The normalized spacial score (nSPS) is 11.1. The first-order valence-corrected chi connectivity index (χ1v) is 5.11. The highest BCUT2D eigenvalue weighted by Gasteiger charge is 2.31. The van der Waals surface area contributed by atoms with Crippen molar-refractivity contribution in [3.8, 4) is 5.75 Å². The molecule has 0 aromatic heterocycles. The molecule has 98 valence electrons. The van der Waals surface area contributed by atoms with Crippen LogP contribution in [0.15, 0.2) is 30.9 Å². The van der Waals surface area contributed by atoms with E-state index in [1.807, 2.05) is 0 Å². The van der Waals surface area contributed by atoms with Crippen LogP contribution in [-0.4, -0.2) is 17.2 Å². The molecule has 0 aliphatic heterocycles. The predicted molar refractivity (Wildman–Crippen MR) is 61.3 cm³/mol. The molecule has 0 atom stereocenters. The third-order valence-corrected chi connectivity index (χ3v) is 2.09. The maximum Gasteiger partial charge on any atom is 0.397 e. The van der Waals surface area contributed by atoms with Crippen LogP contribution in [0.2, 0.25) is 0 Å². The smallest absolute Gasteiger partial charge is 0.397 e. The van der Waals surface area contributed by atoms with E-state index in [0.717, 1.165) is 0 Å². The minimum absolute atomic E-state index is 0.00344. The lowest BCUT2D eigenvalue weighted by atomic mass is 10.1. The number of rotatable bonds is 4. The second-order valence-electron chi connectivity index (χ2n) is 3.68. The van der Waals surface area contributed by atoms with Gasteiger partial charge in [0.1, 0.15) is 12.2 Å². The van der Waals surface area contributed by atoms with Gasteiger partial charge in [-0.15, -0.1) is 6.58 Å². The predicted octanol–water partition coefficient (Wildman–Crippen LogP) is 3.01. The van der Waals surface area contributed by atoms with Crippen molar-refractivity contribution in [3.63, 3.8) is 0 Å². The molecule has 1 amide bonds. The molecule has 1 rings (SSSR count). The third-order valence-electron chi connectivity index (χ3n) is 2.09. The van der Waals surface area contributed by atoms with Gasteiger partial charge in [0.15, 0.2) is 0 Å². The van der Waals surface area contributed by atoms with Crippen molar-refractivity contribution in [2.24, 2.45) is 0 Å². The van der Waals surface area contributed by atoms with Crippen LogP contribution < -0.4 is 5.32 Å². The topological polar surface area (TPSA) is 49.3 Å². The Hall–Kier alpha value is -1.98. The summed E-state index contributed by atoms with van der Waals surface area (Å²) in [6, 6.07) is 4.05. The molecule has 0 saturated carbocycles. The largest absolute Gasteiger partial charge is 0.508 e. The van der Waals surface area contributed by atoms with Gasteiger partial charge >= 0.3 is 6.18 Å². The number of carbonyl (C=O) groups excluding carboxylic acids is 1. The van der Waals surface area contributed by atoms with Gasteiger partial charge in [-0.2, -0.15) is 13.2 Å². The van der Waals surface area contributed by atoms with Crippen molar-refractivity contribution in [2.45, 2.75) is 19.0 Å². The molecule has 3 nitrogen and oxygen atoms in total. The van der Waals surface area contributed by atoms with Gasteiger partial charge in [-0.3, -0.25) is 4.79 Å². The lowest BCUT2D eigenvalue weighted by Gasteiger charge is -2.09. The minimum Gasteiger partial charge on any atom is -0.508 e. The Balaban J connectivity index is 2.76. The van der Waals surface area contributed by atoms with Crippen LogP contribution in [0.1, 0.15) is 12.0 Å². The molecule has 0 unspecified atom stereocenters. The van der Waals surface area contributed by atoms with E-state index < -0.39 is 18.5 Å². The van der Waals surface area contributed by atoms with Crippen LogP contribution >= 0.6 is 0 Å². The highest BCUT2D eigenvalue weighted by molar-refractivity contribution is 5.91. The summed E-state index contributed by atoms with van der Waals surface area (Å²) in [5, 5.41) is 11.6. The standard InChI is InChI=1S/C12H12F3NO2/c1-2-3-8-6-9(4-5-10(8)17)16-11(18)7-12(13,14)15/h2,4-6,17H,1,3,7H2,(H,16,18). The highest BCUT2D eigenvalue weighted by atomic mass is 19.4. The number of anilines is 1. The molecule has 0 fully saturated rings. The molecular formula is C12H12F3NO2. The molecule has 0 bridgehead atoms. The molecule has 0 heterocycles. The third kappa shape index (κ3) is 4.48. The molecule has 18 heavy (non-hydrogen) atoms. The van der Waals surface area contributed by atoms with Gasteiger partial charge < -0.3 is 10.4 Å². The number of phenolic OH excluding ortho intramolecular Hbond substituents is 1. The number of nitrogens with one attached hydrogen (secondary N) is 1. The number of aromatic hydroxyl groups is 1. The monoisotopic (exact) mass is 259 g/mol. The fourth-order valence-electron chi connectivity index (χ4n) is 1.37. The van der Waals surface area contributed by atoms with Crippen molar-refractivity contribution in [1.82, 2.24) is 0 Å². The minimum atomic E-state index is -4.54. The zero-order valence-electron chi connectivity index (χ0n) is 9.42. The number of allylic oxidation sites excluding steroid dienone is 1. The van der Waals surface area contributed by atoms with E-state index in [4.69, 9.17) is 0 Å². The maximum atomic E-state index is 12.0. The number of alkyl halides is 3. The Bertz CT molecular complexity index is 455. The van der Waals surface area contributed by atoms with Crippen LogP contribution in [0.4, 0.5) is 18.9 Å². The molecular weight excluding hydrogens is 247 g/mol. The second kappa shape index (κ2) is 5.57. The number of phenols is 1. The van der Waals surface area contributed by atoms with E-state index in [9.17, 15) is 23.1 Å². The summed E-state index contributed by atoms with van der Waals surface area (Å²) >= 11 is 0. The summed E-state index contributed by atoms with van der Waals surface area (Å²) in [6.45, 7) is 3.49. The van der Waals surface area contributed by atoms with Crippen molar-refractivity contribution >= 4 is 11.6 Å². The quantitative estimate of drug-likeness (QED) is 0.645. The van der Waals surface area contributed by atoms with Crippen LogP contribution in [0.25, 0.3) is 0 Å². The Morgan fingerprint density at radius 1 is 1.44 bits per heavy atom. The van der Waals surface area contributed by atoms with Crippen molar-refractivity contribution in [3.05, 3.63) is 36.4 Å². The SMILES string of the molecule is C=CCc1cc(NC(=O)CC(F)(F)F)ccc1O. The summed E-state index contributed by atoms with van der Waals surface area (Å²) in [4.78, 5) is 11.1. The Morgan fingerprint density at radius 3 is 2.67 bits per heavy atom. The molecule has 0 aliphatic rings. The number of halogens is 3. The van der Waals surface area contributed by atoms with Crippen molar-refractivity contribution in [2.75, 3.05) is 5.32 Å². The van der Waals surface area contributed by atoms with Gasteiger partial charge in [-0.05, 0) is 30.2 Å². The van der Waals surface area contributed by atoms with Crippen LogP contribution in [0, 0.1) is 0 Å². The molecule has 0 aliphatic carbocycles. The lowest BCUT2D eigenvalue weighted by Crippen LogP contribution is -2.21. The number of hydrogen-bond acceptors (Lipinski definition) is 2. The first kappa shape index (κ1) is 14.1. The zero-order valence-corrected chi connectivity index (χ0v) is 9.42. The van der Waals surface area contributed by atoms with Gasteiger partial charge in [-0.1, -0.05) is 6.08 Å². The van der Waals surface area contributed by atoms with E-state index in [2.05, 4.69) is 11.9 Å². The van der Waals surface area contributed by atoms with E-state index in [0.29, 0.717) is 12.0 Å². The first-order valence-electron chi connectivity index (χ1n) is 5.11.